The lowest BCUT2D eigenvalue weighted by atomic mass is 10.2. The van der Waals surface area contributed by atoms with Gasteiger partial charge in [-0.05, 0) is 41.1 Å². The molecule has 0 atom stereocenters. The van der Waals surface area contributed by atoms with Gasteiger partial charge in [-0.2, -0.15) is 0 Å². The summed E-state index contributed by atoms with van der Waals surface area (Å²) in [5.74, 6) is 0.322. The predicted molar refractivity (Wildman–Crippen MR) is 82.6 cm³/mol. The van der Waals surface area contributed by atoms with Crippen LogP contribution in [0.4, 0.5) is 5.69 Å². The Labute approximate surface area is 130 Å². The number of hydrogen-bond acceptors (Lipinski definition) is 3. The summed E-state index contributed by atoms with van der Waals surface area (Å²) >= 11 is 9.39. The molecule has 1 aromatic carbocycles. The van der Waals surface area contributed by atoms with E-state index in [2.05, 4.69) is 26.2 Å². The zero-order valence-corrected chi connectivity index (χ0v) is 13.2. The van der Waals surface area contributed by atoms with Gasteiger partial charge in [0.1, 0.15) is 5.75 Å². The Morgan fingerprint density at radius 1 is 1.40 bits per heavy atom. The smallest absolute Gasteiger partial charge is 0.258 e. The molecule has 1 N–H and O–H groups in total. The SMILES string of the molecule is COc1cc(NC(=O)c2cnc(C)cc2Cl)ccc1Br. The normalized spacial score (nSPS) is 10.2. The maximum atomic E-state index is 12.1. The highest BCUT2D eigenvalue weighted by molar-refractivity contribution is 9.10. The zero-order valence-electron chi connectivity index (χ0n) is 10.9. The second-order valence-corrected chi connectivity index (χ2v) is 5.37. The van der Waals surface area contributed by atoms with E-state index in [9.17, 15) is 4.79 Å². The van der Waals surface area contributed by atoms with Crippen LogP contribution in [0.3, 0.4) is 0 Å². The monoisotopic (exact) mass is 354 g/mol. The Morgan fingerprint density at radius 2 is 2.15 bits per heavy atom. The van der Waals surface area contributed by atoms with E-state index in [0.29, 0.717) is 22.0 Å². The molecule has 0 saturated heterocycles. The number of methoxy groups -OCH3 is 1. The fourth-order valence-electron chi connectivity index (χ4n) is 1.63. The van der Waals surface area contributed by atoms with Gasteiger partial charge in [0.25, 0.3) is 5.91 Å². The maximum absolute atomic E-state index is 12.1. The van der Waals surface area contributed by atoms with Crippen molar-refractivity contribution in [3.05, 3.63) is 51.2 Å². The van der Waals surface area contributed by atoms with Gasteiger partial charge >= 0.3 is 0 Å². The van der Waals surface area contributed by atoms with Crippen LogP contribution in [-0.2, 0) is 0 Å². The van der Waals surface area contributed by atoms with E-state index in [1.54, 1.807) is 31.4 Å². The number of carbonyl (C=O) groups excluding carboxylic acids is 1. The second kappa shape index (κ2) is 6.24. The molecule has 4 nitrogen and oxygen atoms in total. The van der Waals surface area contributed by atoms with Gasteiger partial charge < -0.3 is 10.1 Å². The molecule has 1 amide bonds. The first-order valence-electron chi connectivity index (χ1n) is 5.78. The summed E-state index contributed by atoms with van der Waals surface area (Å²) in [7, 11) is 1.56. The first kappa shape index (κ1) is 14.8. The van der Waals surface area contributed by atoms with Crippen molar-refractivity contribution >= 4 is 39.1 Å². The predicted octanol–water partition coefficient (Wildman–Crippen LogP) is 4.07. The molecule has 2 rings (SSSR count). The number of pyridine rings is 1. The molecule has 0 radical (unpaired) electrons. The third-order valence-corrected chi connectivity index (χ3v) is 3.61. The largest absolute Gasteiger partial charge is 0.495 e. The molecule has 2 aromatic rings. The lowest BCUT2D eigenvalue weighted by molar-refractivity contribution is 0.102. The summed E-state index contributed by atoms with van der Waals surface area (Å²) in [6.45, 7) is 1.81. The van der Waals surface area contributed by atoms with E-state index in [1.807, 2.05) is 6.92 Å². The van der Waals surface area contributed by atoms with Crippen LogP contribution in [0, 0.1) is 6.92 Å². The Morgan fingerprint density at radius 3 is 2.80 bits per heavy atom. The zero-order chi connectivity index (χ0) is 14.7. The van der Waals surface area contributed by atoms with Crippen molar-refractivity contribution < 1.29 is 9.53 Å². The number of carbonyl (C=O) groups is 1. The number of rotatable bonds is 3. The highest BCUT2D eigenvalue weighted by atomic mass is 79.9. The van der Waals surface area contributed by atoms with Crippen LogP contribution >= 0.6 is 27.5 Å². The van der Waals surface area contributed by atoms with Crippen LogP contribution in [0.2, 0.25) is 5.02 Å². The highest BCUT2D eigenvalue weighted by Crippen LogP contribution is 2.28. The second-order valence-electron chi connectivity index (χ2n) is 4.11. The molecular weight excluding hydrogens is 344 g/mol. The Hall–Kier alpha value is -1.59. The van der Waals surface area contributed by atoms with Crippen molar-refractivity contribution in [3.63, 3.8) is 0 Å². The van der Waals surface area contributed by atoms with E-state index >= 15 is 0 Å². The van der Waals surface area contributed by atoms with Crippen LogP contribution < -0.4 is 10.1 Å². The molecular formula is C14H12BrClN2O2. The number of nitrogens with zero attached hydrogens (tertiary/aromatic N) is 1. The number of hydrogen-bond donors (Lipinski definition) is 1. The van der Waals surface area contributed by atoms with Crippen LogP contribution in [-0.4, -0.2) is 18.0 Å². The maximum Gasteiger partial charge on any atom is 0.258 e. The van der Waals surface area contributed by atoms with Gasteiger partial charge in [-0.3, -0.25) is 9.78 Å². The highest BCUT2D eigenvalue weighted by Gasteiger charge is 2.12. The molecule has 0 aliphatic heterocycles. The van der Waals surface area contributed by atoms with Crippen molar-refractivity contribution in [2.24, 2.45) is 0 Å². The molecule has 6 heteroatoms. The summed E-state index contributed by atoms with van der Waals surface area (Å²) in [4.78, 5) is 16.2. The Balaban J connectivity index is 2.23. The molecule has 1 aromatic heterocycles. The minimum atomic E-state index is -0.313. The average Bonchev–Trinajstić information content (AvgIpc) is 2.40. The average molecular weight is 356 g/mol. The first-order chi connectivity index (χ1) is 9.51. The molecule has 0 fully saturated rings. The van der Waals surface area contributed by atoms with Crippen LogP contribution in [0.1, 0.15) is 16.1 Å². The Bertz CT molecular complexity index is 662. The van der Waals surface area contributed by atoms with Gasteiger partial charge in [0.2, 0.25) is 0 Å². The van der Waals surface area contributed by atoms with Gasteiger partial charge in [0, 0.05) is 23.6 Å². The number of aromatic nitrogens is 1. The fraction of sp³-hybridized carbons (Fsp3) is 0.143. The number of benzene rings is 1. The van der Waals surface area contributed by atoms with Gasteiger partial charge in [-0.1, -0.05) is 11.6 Å². The summed E-state index contributed by atoms with van der Waals surface area (Å²) in [5, 5.41) is 3.13. The van der Waals surface area contributed by atoms with E-state index in [1.165, 1.54) is 6.20 Å². The van der Waals surface area contributed by atoms with E-state index in [0.717, 1.165) is 10.2 Å². The first-order valence-corrected chi connectivity index (χ1v) is 6.95. The van der Waals surface area contributed by atoms with E-state index in [-0.39, 0.29) is 5.91 Å². The lowest BCUT2D eigenvalue weighted by Gasteiger charge is -2.09. The molecule has 0 bridgehead atoms. The number of anilines is 1. The standard InChI is InChI=1S/C14H12BrClN2O2/c1-8-5-12(16)10(7-17-8)14(19)18-9-3-4-11(15)13(6-9)20-2/h3-7H,1-2H3,(H,18,19). The van der Waals surface area contributed by atoms with Crippen molar-refractivity contribution in [1.29, 1.82) is 0 Å². The molecule has 0 unspecified atom stereocenters. The van der Waals surface area contributed by atoms with Gasteiger partial charge in [0.05, 0.1) is 22.2 Å². The van der Waals surface area contributed by atoms with Crippen molar-refractivity contribution in [2.45, 2.75) is 6.92 Å². The number of amides is 1. The fourth-order valence-corrected chi connectivity index (χ4v) is 2.33. The van der Waals surface area contributed by atoms with Crippen molar-refractivity contribution in [3.8, 4) is 5.75 Å². The molecule has 1 heterocycles. The van der Waals surface area contributed by atoms with Gasteiger partial charge in [-0.15, -0.1) is 0 Å². The molecule has 0 saturated carbocycles. The van der Waals surface area contributed by atoms with Crippen LogP contribution in [0.5, 0.6) is 5.75 Å². The van der Waals surface area contributed by atoms with E-state index in [4.69, 9.17) is 16.3 Å². The minimum Gasteiger partial charge on any atom is -0.495 e. The molecule has 0 aliphatic rings. The quantitative estimate of drug-likeness (QED) is 0.903. The van der Waals surface area contributed by atoms with Crippen molar-refractivity contribution in [1.82, 2.24) is 4.98 Å². The molecule has 104 valence electrons. The molecule has 20 heavy (non-hydrogen) atoms. The summed E-state index contributed by atoms with van der Waals surface area (Å²) in [5.41, 5.74) is 1.71. The third-order valence-electron chi connectivity index (χ3n) is 2.64. The lowest BCUT2D eigenvalue weighted by Crippen LogP contribution is -2.13. The van der Waals surface area contributed by atoms with E-state index < -0.39 is 0 Å². The molecule has 0 spiro atoms. The summed E-state index contributed by atoms with van der Waals surface area (Å²) < 4.78 is 5.99. The third kappa shape index (κ3) is 3.29. The van der Waals surface area contributed by atoms with Gasteiger partial charge in [-0.25, -0.2) is 0 Å². The van der Waals surface area contributed by atoms with Gasteiger partial charge in [0.15, 0.2) is 0 Å². The number of nitrogens with one attached hydrogen (secondary N) is 1. The van der Waals surface area contributed by atoms with Crippen LogP contribution in [0.15, 0.2) is 34.9 Å². The van der Waals surface area contributed by atoms with Crippen molar-refractivity contribution in [2.75, 3.05) is 12.4 Å². The minimum absolute atomic E-state index is 0.313. The Kier molecular flexibility index (Phi) is 4.62. The topological polar surface area (TPSA) is 51.2 Å². The number of aryl methyl sites for hydroxylation is 1. The summed E-state index contributed by atoms with van der Waals surface area (Å²) in [6, 6.07) is 6.93. The molecule has 0 aliphatic carbocycles. The number of ether oxygens (including phenoxy) is 1. The number of halogens is 2. The summed E-state index contributed by atoms with van der Waals surface area (Å²) in [6.07, 6.45) is 1.46. The van der Waals surface area contributed by atoms with Crippen LogP contribution in [0.25, 0.3) is 0 Å².